The summed E-state index contributed by atoms with van der Waals surface area (Å²) >= 11 is 0. The van der Waals surface area contributed by atoms with E-state index in [2.05, 4.69) is 22.6 Å². The topological polar surface area (TPSA) is 21.5 Å². The summed E-state index contributed by atoms with van der Waals surface area (Å²) in [5.74, 6) is 0. The summed E-state index contributed by atoms with van der Waals surface area (Å²) in [6.45, 7) is 15.9. The van der Waals surface area contributed by atoms with Gasteiger partial charge in [0.25, 0.3) is 0 Å². The van der Waals surface area contributed by atoms with Gasteiger partial charge in [-0.05, 0) is 26.0 Å². The molecule has 0 amide bonds. The fraction of sp³-hybridized carbons (Fsp3) is 0.348. The van der Waals surface area contributed by atoms with Crippen LogP contribution in [0.2, 0.25) is 0 Å². The highest BCUT2D eigenvalue weighted by Crippen LogP contribution is 2.31. The van der Waals surface area contributed by atoms with Crippen LogP contribution in [0.3, 0.4) is 0 Å². The molecule has 0 saturated heterocycles. The Balaban J connectivity index is 0.000000475. The van der Waals surface area contributed by atoms with Crippen LogP contribution in [0.1, 0.15) is 52.8 Å². The molecule has 134 valence electrons. The maximum Gasteiger partial charge on any atom is 0.192 e. The molecule has 0 aliphatic carbocycles. The van der Waals surface area contributed by atoms with E-state index in [4.69, 9.17) is 0 Å². The first kappa shape index (κ1) is 20.7. The van der Waals surface area contributed by atoms with Gasteiger partial charge < -0.3 is 4.40 Å². The smallest absolute Gasteiger partial charge is 0.192 e. The summed E-state index contributed by atoms with van der Waals surface area (Å²) in [6.07, 6.45) is 0. The maximum absolute atomic E-state index is 12.4. The van der Waals surface area contributed by atoms with Crippen LogP contribution in [-0.4, -0.2) is 4.40 Å². The molecule has 4 aromatic rings. The Morgan fingerprint density at radius 2 is 1.20 bits per heavy atom. The van der Waals surface area contributed by atoms with E-state index in [9.17, 15) is 4.79 Å². The molecule has 0 spiro atoms. The molecule has 0 N–H and O–H groups in total. The lowest BCUT2D eigenvalue weighted by atomic mass is 10.1. The van der Waals surface area contributed by atoms with Crippen molar-refractivity contribution < 1.29 is 0 Å². The molecule has 0 bridgehead atoms. The van der Waals surface area contributed by atoms with Crippen molar-refractivity contribution in [2.24, 2.45) is 0 Å². The lowest BCUT2D eigenvalue weighted by Crippen LogP contribution is -2.11. The number of pyridine rings is 1. The van der Waals surface area contributed by atoms with Crippen LogP contribution in [0, 0.1) is 13.8 Å². The van der Waals surface area contributed by atoms with Crippen LogP contribution in [0.15, 0.2) is 47.3 Å². The van der Waals surface area contributed by atoms with Crippen molar-refractivity contribution in [2.75, 3.05) is 0 Å². The molecule has 4 rings (SSSR count). The molecule has 0 aliphatic heterocycles. The van der Waals surface area contributed by atoms with Gasteiger partial charge in [-0.2, -0.15) is 0 Å². The molecule has 2 heterocycles. The molecular weight excluding hydrogens is 306 g/mol. The Morgan fingerprint density at radius 1 is 0.680 bits per heavy atom. The predicted octanol–water partition coefficient (Wildman–Crippen LogP) is 6.74. The minimum absolute atomic E-state index is 0.151. The van der Waals surface area contributed by atoms with Gasteiger partial charge in [-0.25, -0.2) is 0 Å². The van der Waals surface area contributed by atoms with E-state index >= 15 is 0 Å². The number of rotatable bonds is 0. The van der Waals surface area contributed by atoms with Gasteiger partial charge in [-0.1, -0.05) is 71.9 Å². The summed E-state index contributed by atoms with van der Waals surface area (Å²) < 4.78 is 2.22. The highest BCUT2D eigenvalue weighted by Gasteiger charge is 2.16. The zero-order valence-electron chi connectivity index (χ0n) is 16.9. The van der Waals surface area contributed by atoms with Gasteiger partial charge >= 0.3 is 0 Å². The van der Waals surface area contributed by atoms with Crippen molar-refractivity contribution in [1.82, 2.24) is 4.40 Å². The first-order valence-corrected chi connectivity index (χ1v) is 9.45. The summed E-state index contributed by atoms with van der Waals surface area (Å²) in [6, 6.07) is 14.3. The van der Waals surface area contributed by atoms with Gasteiger partial charge in [0.15, 0.2) is 5.43 Å². The first-order valence-electron chi connectivity index (χ1n) is 9.45. The second-order valence-electron chi connectivity index (χ2n) is 5.09. The summed E-state index contributed by atoms with van der Waals surface area (Å²) in [5, 5.41) is 3.19. The van der Waals surface area contributed by atoms with E-state index in [1.165, 1.54) is 10.9 Å². The van der Waals surface area contributed by atoms with E-state index in [0.717, 1.165) is 27.5 Å². The van der Waals surface area contributed by atoms with E-state index in [-0.39, 0.29) is 5.43 Å². The number of benzene rings is 2. The van der Waals surface area contributed by atoms with Crippen LogP contribution in [0.4, 0.5) is 0 Å². The van der Waals surface area contributed by atoms with Crippen LogP contribution < -0.4 is 5.43 Å². The predicted molar refractivity (Wildman–Crippen MR) is 113 cm³/mol. The number of hydrogen-bond donors (Lipinski definition) is 0. The van der Waals surface area contributed by atoms with Crippen LogP contribution in [0.25, 0.3) is 27.2 Å². The highest BCUT2D eigenvalue weighted by atomic mass is 16.1. The second kappa shape index (κ2) is 9.22. The molecule has 0 saturated carbocycles. The molecule has 25 heavy (non-hydrogen) atoms. The average Bonchev–Trinajstić information content (AvgIpc) is 3.05. The molecular formula is C23H31NO. The van der Waals surface area contributed by atoms with E-state index < -0.39 is 0 Å². The van der Waals surface area contributed by atoms with E-state index in [1.807, 2.05) is 79.7 Å². The fourth-order valence-electron chi connectivity index (χ4n) is 3.08. The van der Waals surface area contributed by atoms with Crippen LogP contribution >= 0.6 is 0 Å². The lowest BCUT2D eigenvalue weighted by Gasteiger charge is -2.08. The zero-order valence-corrected chi connectivity index (χ0v) is 16.9. The van der Waals surface area contributed by atoms with Gasteiger partial charge in [0.1, 0.15) is 0 Å². The average molecular weight is 338 g/mol. The Hall–Kier alpha value is -2.35. The van der Waals surface area contributed by atoms with Crippen LogP contribution in [0.5, 0.6) is 0 Å². The molecule has 2 aromatic carbocycles. The molecule has 2 nitrogen and oxygen atoms in total. The molecule has 0 atom stereocenters. The number of aryl methyl sites for hydroxylation is 1. The van der Waals surface area contributed by atoms with Gasteiger partial charge in [0, 0.05) is 27.4 Å². The van der Waals surface area contributed by atoms with Gasteiger partial charge in [-0.15, -0.1) is 0 Å². The standard InChI is InChI=1S/C17H13NO.3C2H6/c1-10-11(2)18-15-9-4-3-6-12(15)13-7-5-8-14(16(13)18)17(10)19;3*1-2/h3-9H,1-2H3;3*1-2H3. The van der Waals surface area contributed by atoms with E-state index in [1.54, 1.807) is 0 Å². The third-order valence-corrected chi connectivity index (χ3v) is 4.16. The highest BCUT2D eigenvalue weighted by molar-refractivity contribution is 6.14. The second-order valence-corrected chi connectivity index (χ2v) is 5.09. The van der Waals surface area contributed by atoms with Crippen molar-refractivity contribution in [3.8, 4) is 0 Å². The molecule has 2 aromatic heterocycles. The monoisotopic (exact) mass is 337 g/mol. The number of fused-ring (bicyclic) bond motifs is 3. The molecule has 0 radical (unpaired) electrons. The summed E-state index contributed by atoms with van der Waals surface area (Å²) in [5.41, 5.74) is 4.25. The molecule has 2 heteroatoms. The summed E-state index contributed by atoms with van der Waals surface area (Å²) in [7, 11) is 0. The van der Waals surface area contributed by atoms with Gasteiger partial charge in [0.2, 0.25) is 0 Å². The third-order valence-electron chi connectivity index (χ3n) is 4.16. The minimum atomic E-state index is 0.151. The number of para-hydroxylation sites is 2. The maximum atomic E-state index is 12.4. The number of aromatic nitrogens is 1. The largest absolute Gasteiger partial charge is 0.312 e. The van der Waals surface area contributed by atoms with Crippen molar-refractivity contribution in [3.05, 3.63) is 63.9 Å². The van der Waals surface area contributed by atoms with Gasteiger partial charge in [0.05, 0.1) is 11.0 Å². The van der Waals surface area contributed by atoms with E-state index in [0.29, 0.717) is 0 Å². The van der Waals surface area contributed by atoms with Crippen LogP contribution in [-0.2, 0) is 0 Å². The summed E-state index contributed by atoms with van der Waals surface area (Å²) in [4.78, 5) is 12.4. The van der Waals surface area contributed by atoms with Crippen molar-refractivity contribution >= 4 is 27.2 Å². The fourth-order valence-corrected chi connectivity index (χ4v) is 3.08. The van der Waals surface area contributed by atoms with Crippen molar-refractivity contribution in [1.29, 1.82) is 0 Å². The third kappa shape index (κ3) is 3.26. The number of hydrogen-bond acceptors (Lipinski definition) is 1. The number of nitrogens with zero attached hydrogens (tertiary/aromatic N) is 1. The quantitative estimate of drug-likeness (QED) is 0.348. The molecule has 0 unspecified atom stereocenters. The van der Waals surface area contributed by atoms with Crippen molar-refractivity contribution in [3.63, 3.8) is 0 Å². The Labute approximate surface area is 151 Å². The molecule has 0 aliphatic rings. The molecule has 0 fully saturated rings. The Bertz CT molecular complexity index is 996. The lowest BCUT2D eigenvalue weighted by molar-refractivity contribution is 1.10. The normalized spacial score (nSPS) is 9.76. The SMILES string of the molecule is CC.CC.CC.Cc1c(C)n2c3ccccc3c3cccc(c1=O)c32. The minimum Gasteiger partial charge on any atom is -0.312 e. The zero-order chi connectivity index (χ0) is 19.1. The Kier molecular flexibility index (Phi) is 7.63. The Morgan fingerprint density at radius 3 is 1.84 bits per heavy atom. The van der Waals surface area contributed by atoms with Crippen molar-refractivity contribution in [2.45, 2.75) is 55.4 Å². The van der Waals surface area contributed by atoms with Gasteiger partial charge in [-0.3, -0.25) is 4.79 Å². The first-order chi connectivity index (χ1) is 12.2.